The first-order valence-corrected chi connectivity index (χ1v) is 5.50. The largest absolute Gasteiger partial charge is 0.271 e. The van der Waals surface area contributed by atoms with Crippen molar-refractivity contribution in [2.45, 2.75) is 32.7 Å². The Kier molecular flexibility index (Phi) is 4.35. The van der Waals surface area contributed by atoms with Crippen molar-refractivity contribution in [2.24, 2.45) is 11.8 Å². The van der Waals surface area contributed by atoms with E-state index in [-0.39, 0.29) is 0 Å². The van der Waals surface area contributed by atoms with Crippen molar-refractivity contribution in [3.05, 3.63) is 16.6 Å². The molecule has 3 N–H and O–H groups in total. The molecule has 2 unspecified atom stereocenters. The Morgan fingerprint density at radius 2 is 2.46 bits per heavy atom. The molecule has 0 aliphatic carbocycles. The zero-order chi connectivity index (χ0) is 9.68. The van der Waals surface area contributed by atoms with Crippen LogP contribution in [0, 0.1) is 5.92 Å². The van der Waals surface area contributed by atoms with E-state index in [0.717, 1.165) is 17.8 Å². The van der Waals surface area contributed by atoms with E-state index >= 15 is 0 Å². The second-order valence-corrected chi connectivity index (χ2v) is 4.27. The van der Waals surface area contributed by atoms with Gasteiger partial charge in [-0.3, -0.25) is 11.3 Å². The summed E-state index contributed by atoms with van der Waals surface area (Å²) < 4.78 is 0. The van der Waals surface area contributed by atoms with Crippen LogP contribution in [0.5, 0.6) is 0 Å². The Labute approximate surface area is 83.3 Å². The van der Waals surface area contributed by atoms with Crippen LogP contribution in [0.15, 0.2) is 11.6 Å². The summed E-state index contributed by atoms with van der Waals surface area (Å²) in [6.07, 6.45) is 3.91. The average Bonchev–Trinajstić information content (AvgIpc) is 2.65. The van der Waals surface area contributed by atoms with Crippen LogP contribution in [0.1, 0.15) is 25.3 Å². The molecule has 0 aliphatic rings. The molecule has 3 nitrogen and oxygen atoms in total. The molecule has 13 heavy (non-hydrogen) atoms. The molecule has 0 amide bonds. The molecule has 0 aromatic carbocycles. The number of thiazole rings is 1. The zero-order valence-electron chi connectivity index (χ0n) is 8.16. The van der Waals surface area contributed by atoms with Crippen LogP contribution in [0.2, 0.25) is 0 Å². The van der Waals surface area contributed by atoms with Gasteiger partial charge in [0.15, 0.2) is 0 Å². The molecule has 1 heterocycles. The maximum atomic E-state index is 5.49. The van der Waals surface area contributed by atoms with Gasteiger partial charge in [0.2, 0.25) is 0 Å². The minimum absolute atomic E-state index is 0.344. The van der Waals surface area contributed by atoms with E-state index in [1.165, 1.54) is 0 Å². The van der Waals surface area contributed by atoms with E-state index in [2.05, 4.69) is 24.3 Å². The highest BCUT2D eigenvalue weighted by molar-refractivity contribution is 7.09. The van der Waals surface area contributed by atoms with Gasteiger partial charge in [-0.15, -0.1) is 11.3 Å². The van der Waals surface area contributed by atoms with Gasteiger partial charge in [0.05, 0.1) is 5.01 Å². The van der Waals surface area contributed by atoms with Crippen LogP contribution >= 0.6 is 11.3 Å². The fourth-order valence-electron chi connectivity index (χ4n) is 1.25. The van der Waals surface area contributed by atoms with E-state index in [4.69, 9.17) is 5.84 Å². The van der Waals surface area contributed by atoms with Crippen molar-refractivity contribution in [2.75, 3.05) is 0 Å². The maximum Gasteiger partial charge on any atom is 0.0940 e. The lowest BCUT2D eigenvalue weighted by Gasteiger charge is -2.20. The first-order valence-electron chi connectivity index (χ1n) is 4.62. The summed E-state index contributed by atoms with van der Waals surface area (Å²) in [7, 11) is 0. The Morgan fingerprint density at radius 1 is 1.69 bits per heavy atom. The van der Waals surface area contributed by atoms with E-state index in [0.29, 0.717) is 12.0 Å². The van der Waals surface area contributed by atoms with Crippen LogP contribution < -0.4 is 11.3 Å². The highest BCUT2D eigenvalue weighted by Gasteiger charge is 2.15. The molecule has 0 saturated carbocycles. The lowest BCUT2D eigenvalue weighted by atomic mass is 9.97. The van der Waals surface area contributed by atoms with Gasteiger partial charge in [0, 0.05) is 24.0 Å². The summed E-state index contributed by atoms with van der Waals surface area (Å²) in [6.45, 7) is 4.38. The molecule has 2 atom stereocenters. The van der Waals surface area contributed by atoms with E-state index < -0.39 is 0 Å². The molecule has 1 aromatic rings. The molecule has 0 saturated heterocycles. The third-order valence-corrected chi connectivity index (χ3v) is 3.22. The third-order valence-electron chi connectivity index (χ3n) is 2.42. The van der Waals surface area contributed by atoms with Gasteiger partial charge in [-0.25, -0.2) is 4.98 Å². The highest BCUT2D eigenvalue weighted by atomic mass is 32.1. The van der Waals surface area contributed by atoms with E-state index in [1.807, 2.05) is 11.6 Å². The minimum Gasteiger partial charge on any atom is -0.271 e. The Hall–Kier alpha value is -0.450. The van der Waals surface area contributed by atoms with Crippen LogP contribution in [0.25, 0.3) is 0 Å². The standard InChI is InChI=1S/C9H17N3S/c1-3-7(2)8(12-10)6-9-11-4-5-13-9/h4-5,7-8,12H,3,6,10H2,1-2H3. The van der Waals surface area contributed by atoms with Gasteiger partial charge in [-0.05, 0) is 5.92 Å². The van der Waals surface area contributed by atoms with Crippen LogP contribution in [-0.4, -0.2) is 11.0 Å². The van der Waals surface area contributed by atoms with E-state index in [1.54, 1.807) is 11.3 Å². The van der Waals surface area contributed by atoms with Crippen molar-refractivity contribution in [1.82, 2.24) is 10.4 Å². The molecular formula is C9H17N3S. The van der Waals surface area contributed by atoms with Crippen molar-refractivity contribution in [3.63, 3.8) is 0 Å². The Morgan fingerprint density at radius 3 is 2.92 bits per heavy atom. The Bertz CT molecular complexity index is 223. The molecule has 0 aliphatic heterocycles. The average molecular weight is 199 g/mol. The molecular weight excluding hydrogens is 182 g/mol. The molecule has 74 valence electrons. The topological polar surface area (TPSA) is 50.9 Å². The quantitative estimate of drug-likeness (QED) is 0.559. The summed E-state index contributed by atoms with van der Waals surface area (Å²) in [6, 6.07) is 0.344. The number of nitrogens with two attached hydrogens (primary N) is 1. The normalized spacial score (nSPS) is 15.6. The van der Waals surface area contributed by atoms with Gasteiger partial charge in [-0.1, -0.05) is 20.3 Å². The molecule has 0 bridgehead atoms. The lowest BCUT2D eigenvalue weighted by Crippen LogP contribution is -2.41. The van der Waals surface area contributed by atoms with Gasteiger partial charge in [-0.2, -0.15) is 0 Å². The van der Waals surface area contributed by atoms with Crippen molar-refractivity contribution >= 4 is 11.3 Å². The van der Waals surface area contributed by atoms with Gasteiger partial charge >= 0.3 is 0 Å². The number of hydrogen-bond acceptors (Lipinski definition) is 4. The number of nitrogens with zero attached hydrogens (tertiary/aromatic N) is 1. The van der Waals surface area contributed by atoms with Gasteiger partial charge in [0.1, 0.15) is 0 Å². The molecule has 4 heteroatoms. The summed E-state index contributed by atoms with van der Waals surface area (Å²) in [4.78, 5) is 4.24. The van der Waals surface area contributed by atoms with Crippen LogP contribution in [0.3, 0.4) is 0 Å². The summed E-state index contributed by atoms with van der Waals surface area (Å²) in [5.74, 6) is 6.08. The molecule has 1 rings (SSSR count). The van der Waals surface area contributed by atoms with Crippen LogP contribution in [-0.2, 0) is 6.42 Å². The number of hydrogen-bond donors (Lipinski definition) is 2. The molecule has 0 fully saturated rings. The van der Waals surface area contributed by atoms with Gasteiger partial charge < -0.3 is 0 Å². The zero-order valence-corrected chi connectivity index (χ0v) is 8.97. The summed E-state index contributed by atoms with van der Waals surface area (Å²) in [5.41, 5.74) is 2.86. The second-order valence-electron chi connectivity index (χ2n) is 3.29. The predicted octanol–water partition coefficient (Wildman–Crippen LogP) is 1.56. The molecule has 0 spiro atoms. The van der Waals surface area contributed by atoms with E-state index in [9.17, 15) is 0 Å². The second kappa shape index (κ2) is 5.32. The highest BCUT2D eigenvalue weighted by Crippen LogP contribution is 2.14. The maximum absolute atomic E-state index is 5.49. The summed E-state index contributed by atoms with van der Waals surface area (Å²) >= 11 is 1.69. The first-order chi connectivity index (χ1) is 6.27. The smallest absolute Gasteiger partial charge is 0.0940 e. The molecule has 0 radical (unpaired) electrons. The fourth-order valence-corrected chi connectivity index (χ4v) is 1.93. The number of aromatic nitrogens is 1. The Balaban J connectivity index is 2.49. The number of nitrogens with one attached hydrogen (secondary N) is 1. The third kappa shape index (κ3) is 3.06. The lowest BCUT2D eigenvalue weighted by molar-refractivity contribution is 0.369. The van der Waals surface area contributed by atoms with Crippen LogP contribution in [0.4, 0.5) is 0 Å². The predicted molar refractivity (Wildman–Crippen MR) is 56.4 cm³/mol. The number of hydrazine groups is 1. The fraction of sp³-hybridized carbons (Fsp3) is 0.667. The SMILES string of the molecule is CCC(C)C(Cc1nccs1)NN. The molecule has 1 aromatic heterocycles. The van der Waals surface area contributed by atoms with Crippen molar-refractivity contribution < 1.29 is 0 Å². The number of rotatable bonds is 5. The van der Waals surface area contributed by atoms with Crippen molar-refractivity contribution in [1.29, 1.82) is 0 Å². The first kappa shape index (κ1) is 10.6. The minimum atomic E-state index is 0.344. The summed E-state index contributed by atoms with van der Waals surface area (Å²) in [5, 5.41) is 3.16. The monoisotopic (exact) mass is 199 g/mol. The van der Waals surface area contributed by atoms with Crippen molar-refractivity contribution in [3.8, 4) is 0 Å². The van der Waals surface area contributed by atoms with Gasteiger partial charge in [0.25, 0.3) is 0 Å².